The van der Waals surface area contributed by atoms with E-state index in [1.165, 1.54) is 12.1 Å². The van der Waals surface area contributed by atoms with E-state index >= 15 is 0 Å². The summed E-state index contributed by atoms with van der Waals surface area (Å²) in [5.74, 6) is 0.0600. The van der Waals surface area contributed by atoms with Crippen molar-refractivity contribution in [3.63, 3.8) is 0 Å². The highest BCUT2D eigenvalue weighted by atomic mass is 19.3. The van der Waals surface area contributed by atoms with Crippen LogP contribution in [0.5, 0.6) is 5.75 Å². The molecule has 0 bridgehead atoms. The third kappa shape index (κ3) is 6.84. The number of benzene rings is 1. The Labute approximate surface area is 124 Å². The maximum atomic E-state index is 12.1. The second kappa shape index (κ2) is 7.68. The third-order valence-corrected chi connectivity index (χ3v) is 2.98. The molecule has 0 aliphatic heterocycles. The van der Waals surface area contributed by atoms with E-state index in [2.05, 4.69) is 4.74 Å². The molecule has 1 aromatic carbocycles. The summed E-state index contributed by atoms with van der Waals surface area (Å²) in [6.45, 7) is 3.98. The van der Waals surface area contributed by atoms with E-state index in [1.807, 2.05) is 11.8 Å². The van der Waals surface area contributed by atoms with Crippen LogP contribution in [0, 0.1) is 0 Å². The molecule has 0 aliphatic carbocycles. The van der Waals surface area contributed by atoms with E-state index in [4.69, 9.17) is 0 Å². The standard InChI is InChI=1S/C15H23F2NO3/c1-4-18(10-15(2,3)20)9-13(19)11-5-7-12(8-6-11)21-14(16)17/h5-8,13-14,19-20H,4,9-10H2,1-3H3. The van der Waals surface area contributed by atoms with Crippen LogP contribution in [0.2, 0.25) is 0 Å². The highest BCUT2D eigenvalue weighted by molar-refractivity contribution is 5.28. The van der Waals surface area contributed by atoms with E-state index in [1.54, 1.807) is 26.0 Å². The van der Waals surface area contributed by atoms with Gasteiger partial charge >= 0.3 is 6.61 Å². The first-order chi connectivity index (χ1) is 9.71. The van der Waals surface area contributed by atoms with Crippen LogP contribution < -0.4 is 4.74 Å². The van der Waals surface area contributed by atoms with Crippen LogP contribution in [-0.4, -0.2) is 47.0 Å². The van der Waals surface area contributed by atoms with Crippen LogP contribution in [0.1, 0.15) is 32.4 Å². The fourth-order valence-corrected chi connectivity index (χ4v) is 2.07. The Morgan fingerprint density at radius 2 is 1.81 bits per heavy atom. The highest BCUT2D eigenvalue weighted by Gasteiger charge is 2.20. The minimum absolute atomic E-state index is 0.0600. The van der Waals surface area contributed by atoms with Gasteiger partial charge in [-0.15, -0.1) is 0 Å². The summed E-state index contributed by atoms with van der Waals surface area (Å²) in [5, 5.41) is 20.0. The molecule has 0 saturated carbocycles. The van der Waals surface area contributed by atoms with Gasteiger partial charge in [0.05, 0.1) is 11.7 Å². The van der Waals surface area contributed by atoms with Crippen molar-refractivity contribution in [1.29, 1.82) is 0 Å². The summed E-state index contributed by atoms with van der Waals surface area (Å²) in [4.78, 5) is 1.92. The van der Waals surface area contributed by atoms with Gasteiger partial charge in [0, 0.05) is 13.1 Å². The zero-order chi connectivity index (χ0) is 16.0. The first-order valence-electron chi connectivity index (χ1n) is 6.89. The molecule has 6 heteroatoms. The lowest BCUT2D eigenvalue weighted by atomic mass is 10.1. The maximum absolute atomic E-state index is 12.1. The molecule has 0 radical (unpaired) electrons. The summed E-state index contributed by atoms with van der Waals surface area (Å²) in [7, 11) is 0. The van der Waals surface area contributed by atoms with E-state index in [9.17, 15) is 19.0 Å². The first-order valence-corrected chi connectivity index (χ1v) is 6.89. The molecule has 4 nitrogen and oxygen atoms in total. The summed E-state index contributed by atoms with van der Waals surface area (Å²) < 4.78 is 28.4. The average Bonchev–Trinajstić information content (AvgIpc) is 2.36. The normalized spacial score (nSPS) is 13.8. The molecule has 1 unspecified atom stereocenters. The Kier molecular flexibility index (Phi) is 6.51. The number of hydrogen-bond donors (Lipinski definition) is 2. The predicted octanol–water partition coefficient (Wildman–Crippen LogP) is 2.41. The van der Waals surface area contributed by atoms with Crippen molar-refractivity contribution in [3.05, 3.63) is 29.8 Å². The number of nitrogens with zero attached hydrogens (tertiary/aromatic N) is 1. The summed E-state index contributed by atoms with van der Waals surface area (Å²) in [6.07, 6.45) is -0.757. The number of likely N-dealkylation sites (N-methyl/N-ethyl adjacent to an activating group) is 1. The SMILES string of the molecule is CCN(CC(O)c1ccc(OC(F)F)cc1)CC(C)(C)O. The molecule has 0 fully saturated rings. The van der Waals surface area contributed by atoms with Crippen LogP contribution in [0.3, 0.4) is 0 Å². The van der Waals surface area contributed by atoms with Gasteiger partial charge in [0.15, 0.2) is 0 Å². The molecule has 1 rings (SSSR count). The summed E-state index contributed by atoms with van der Waals surface area (Å²) in [6, 6.07) is 5.91. The zero-order valence-corrected chi connectivity index (χ0v) is 12.6. The van der Waals surface area contributed by atoms with E-state index in [0.29, 0.717) is 25.2 Å². The van der Waals surface area contributed by atoms with Gasteiger partial charge in [0.25, 0.3) is 0 Å². The molecule has 0 aliphatic rings. The van der Waals surface area contributed by atoms with Gasteiger partial charge in [-0.25, -0.2) is 0 Å². The molecule has 1 aromatic rings. The molecule has 1 atom stereocenters. The Hall–Kier alpha value is -1.24. The average molecular weight is 303 g/mol. The second-order valence-electron chi connectivity index (χ2n) is 5.60. The molecular formula is C15H23F2NO3. The number of rotatable bonds is 8. The van der Waals surface area contributed by atoms with Gasteiger partial charge in [-0.05, 0) is 38.1 Å². The van der Waals surface area contributed by atoms with E-state index in [0.717, 1.165) is 0 Å². The lowest BCUT2D eigenvalue weighted by Gasteiger charge is -2.29. The van der Waals surface area contributed by atoms with Gasteiger partial charge in [0.2, 0.25) is 0 Å². The molecule has 2 N–H and O–H groups in total. The van der Waals surface area contributed by atoms with Crippen LogP contribution in [-0.2, 0) is 0 Å². The number of aliphatic hydroxyl groups excluding tert-OH is 1. The van der Waals surface area contributed by atoms with Crippen LogP contribution >= 0.6 is 0 Å². The minimum Gasteiger partial charge on any atom is -0.435 e. The Bertz CT molecular complexity index is 418. The van der Waals surface area contributed by atoms with Crippen LogP contribution in [0.25, 0.3) is 0 Å². The van der Waals surface area contributed by atoms with Crippen molar-refractivity contribution in [2.75, 3.05) is 19.6 Å². The van der Waals surface area contributed by atoms with Crippen LogP contribution in [0.15, 0.2) is 24.3 Å². The van der Waals surface area contributed by atoms with Crippen molar-refractivity contribution in [3.8, 4) is 5.75 Å². The van der Waals surface area contributed by atoms with E-state index in [-0.39, 0.29) is 5.75 Å². The quantitative estimate of drug-likeness (QED) is 0.774. The zero-order valence-electron chi connectivity index (χ0n) is 12.6. The third-order valence-electron chi connectivity index (χ3n) is 2.98. The monoisotopic (exact) mass is 303 g/mol. The van der Waals surface area contributed by atoms with Crippen LogP contribution in [0.4, 0.5) is 8.78 Å². The Morgan fingerprint density at radius 3 is 2.24 bits per heavy atom. The smallest absolute Gasteiger partial charge is 0.387 e. The molecule has 0 spiro atoms. The summed E-state index contributed by atoms with van der Waals surface area (Å²) in [5.41, 5.74) is -0.226. The fourth-order valence-electron chi connectivity index (χ4n) is 2.07. The molecule has 0 aromatic heterocycles. The van der Waals surface area contributed by atoms with Gasteiger partial charge in [-0.3, -0.25) is 4.90 Å². The Morgan fingerprint density at radius 1 is 1.24 bits per heavy atom. The molecule has 120 valence electrons. The van der Waals surface area contributed by atoms with Crippen molar-refractivity contribution < 1.29 is 23.7 Å². The number of ether oxygens (including phenoxy) is 1. The van der Waals surface area contributed by atoms with Gasteiger partial charge in [-0.2, -0.15) is 8.78 Å². The Balaban J connectivity index is 2.63. The molecular weight excluding hydrogens is 280 g/mol. The van der Waals surface area contributed by atoms with Gasteiger partial charge < -0.3 is 14.9 Å². The molecule has 21 heavy (non-hydrogen) atoms. The van der Waals surface area contributed by atoms with E-state index < -0.39 is 18.3 Å². The lowest BCUT2D eigenvalue weighted by Crippen LogP contribution is -2.40. The van der Waals surface area contributed by atoms with Crippen molar-refractivity contribution in [1.82, 2.24) is 4.90 Å². The van der Waals surface area contributed by atoms with Gasteiger partial charge in [-0.1, -0.05) is 19.1 Å². The molecule has 0 heterocycles. The van der Waals surface area contributed by atoms with Crippen molar-refractivity contribution in [2.24, 2.45) is 0 Å². The number of hydrogen-bond acceptors (Lipinski definition) is 4. The number of alkyl halides is 2. The molecule has 0 saturated heterocycles. The van der Waals surface area contributed by atoms with Crippen molar-refractivity contribution in [2.45, 2.75) is 39.1 Å². The second-order valence-corrected chi connectivity index (χ2v) is 5.60. The number of halogens is 2. The largest absolute Gasteiger partial charge is 0.435 e. The van der Waals surface area contributed by atoms with Crippen molar-refractivity contribution >= 4 is 0 Å². The highest BCUT2D eigenvalue weighted by Crippen LogP contribution is 2.20. The summed E-state index contributed by atoms with van der Waals surface area (Å²) >= 11 is 0. The minimum atomic E-state index is -2.86. The predicted molar refractivity (Wildman–Crippen MR) is 76.4 cm³/mol. The first kappa shape index (κ1) is 17.8. The lowest BCUT2D eigenvalue weighted by molar-refractivity contribution is -0.0498. The molecule has 0 amide bonds. The van der Waals surface area contributed by atoms with Gasteiger partial charge in [0.1, 0.15) is 5.75 Å². The number of aliphatic hydroxyl groups is 2. The maximum Gasteiger partial charge on any atom is 0.387 e. The fraction of sp³-hybridized carbons (Fsp3) is 0.600. The topological polar surface area (TPSA) is 52.9 Å².